The number of rotatable bonds is 7. The van der Waals surface area contributed by atoms with Crippen molar-refractivity contribution < 1.29 is 9.53 Å². The van der Waals surface area contributed by atoms with Gasteiger partial charge in [-0.15, -0.1) is 10.2 Å². The largest absolute Gasteiger partial charge is 0.381 e. The minimum atomic E-state index is -0.0163. The number of likely N-dealkylation sites (tertiary alicyclic amines) is 1. The summed E-state index contributed by atoms with van der Waals surface area (Å²) in [6, 6.07) is 5.80. The van der Waals surface area contributed by atoms with Crippen molar-refractivity contribution in [3.8, 4) is 0 Å². The van der Waals surface area contributed by atoms with Gasteiger partial charge in [-0.25, -0.2) is 4.79 Å². The van der Waals surface area contributed by atoms with Crippen molar-refractivity contribution in [2.75, 3.05) is 26.3 Å². The van der Waals surface area contributed by atoms with E-state index in [0.29, 0.717) is 6.54 Å². The second kappa shape index (κ2) is 7.39. The van der Waals surface area contributed by atoms with Crippen LogP contribution in [0, 0.1) is 5.92 Å². The van der Waals surface area contributed by atoms with Crippen molar-refractivity contribution in [2.24, 2.45) is 5.92 Å². The standard InChI is InChI=1S/C18H25N5O2/c24-18(19-9-4-12-25-13-14-7-8-14)22-11-3-5-15(22)17-21-20-16-6-1-2-10-23(16)17/h1-2,6,10,14-15H,3-5,7-9,11-13H2,(H,19,24)/t15-/m0/s1. The summed E-state index contributed by atoms with van der Waals surface area (Å²) in [5, 5.41) is 11.6. The Kier molecular flexibility index (Phi) is 4.83. The van der Waals surface area contributed by atoms with Gasteiger partial charge in [-0.1, -0.05) is 6.07 Å². The molecule has 134 valence electrons. The van der Waals surface area contributed by atoms with Crippen molar-refractivity contribution in [3.05, 3.63) is 30.2 Å². The zero-order valence-electron chi connectivity index (χ0n) is 14.4. The van der Waals surface area contributed by atoms with Crippen LogP contribution in [0.2, 0.25) is 0 Å². The highest BCUT2D eigenvalue weighted by Crippen LogP contribution is 2.31. The molecule has 1 aliphatic carbocycles. The molecule has 1 saturated carbocycles. The van der Waals surface area contributed by atoms with Gasteiger partial charge in [-0.2, -0.15) is 0 Å². The lowest BCUT2D eigenvalue weighted by Crippen LogP contribution is -2.40. The highest BCUT2D eigenvalue weighted by Gasteiger charge is 2.33. The maximum Gasteiger partial charge on any atom is 0.318 e. The quantitative estimate of drug-likeness (QED) is 0.784. The van der Waals surface area contributed by atoms with Crippen LogP contribution in [0.3, 0.4) is 0 Å². The number of hydrogen-bond acceptors (Lipinski definition) is 4. The predicted molar refractivity (Wildman–Crippen MR) is 93.2 cm³/mol. The predicted octanol–water partition coefficient (Wildman–Crippen LogP) is 2.39. The van der Waals surface area contributed by atoms with E-state index in [-0.39, 0.29) is 12.1 Å². The second-order valence-corrected chi connectivity index (χ2v) is 6.94. The number of ether oxygens (including phenoxy) is 1. The summed E-state index contributed by atoms with van der Waals surface area (Å²) in [7, 11) is 0. The molecule has 2 amide bonds. The number of amides is 2. The number of carbonyl (C=O) groups is 1. The lowest BCUT2D eigenvalue weighted by atomic mass is 10.2. The van der Waals surface area contributed by atoms with E-state index in [1.54, 1.807) is 0 Å². The number of carbonyl (C=O) groups excluding carboxylic acids is 1. The van der Waals surface area contributed by atoms with Crippen LogP contribution in [0.25, 0.3) is 5.65 Å². The molecule has 7 nitrogen and oxygen atoms in total. The molecule has 0 spiro atoms. The second-order valence-electron chi connectivity index (χ2n) is 6.94. The van der Waals surface area contributed by atoms with Gasteiger partial charge in [0, 0.05) is 32.5 Å². The Hall–Kier alpha value is -2.15. The molecule has 3 heterocycles. The third-order valence-corrected chi connectivity index (χ3v) is 4.94. The Bertz CT molecular complexity index is 727. The van der Waals surface area contributed by atoms with Crippen LogP contribution in [0.1, 0.15) is 44.0 Å². The number of hydrogen-bond donors (Lipinski definition) is 1. The monoisotopic (exact) mass is 343 g/mol. The lowest BCUT2D eigenvalue weighted by molar-refractivity contribution is 0.121. The average molecular weight is 343 g/mol. The Morgan fingerprint density at radius 2 is 2.20 bits per heavy atom. The van der Waals surface area contributed by atoms with Gasteiger partial charge < -0.3 is 15.0 Å². The number of nitrogens with zero attached hydrogens (tertiary/aromatic N) is 4. The van der Waals surface area contributed by atoms with E-state index < -0.39 is 0 Å². The van der Waals surface area contributed by atoms with Crippen LogP contribution in [0.15, 0.2) is 24.4 Å². The van der Waals surface area contributed by atoms with E-state index in [4.69, 9.17) is 4.74 Å². The highest BCUT2D eigenvalue weighted by atomic mass is 16.5. The molecule has 7 heteroatoms. The van der Waals surface area contributed by atoms with Crippen LogP contribution in [0.5, 0.6) is 0 Å². The van der Waals surface area contributed by atoms with Gasteiger partial charge in [-0.05, 0) is 50.2 Å². The number of pyridine rings is 1. The first-order chi connectivity index (χ1) is 12.3. The Balaban J connectivity index is 1.30. The number of urea groups is 1. The van der Waals surface area contributed by atoms with E-state index in [1.165, 1.54) is 12.8 Å². The minimum Gasteiger partial charge on any atom is -0.381 e. The van der Waals surface area contributed by atoms with Gasteiger partial charge >= 0.3 is 6.03 Å². The van der Waals surface area contributed by atoms with E-state index >= 15 is 0 Å². The third-order valence-electron chi connectivity index (χ3n) is 4.94. The molecular formula is C18H25N5O2. The summed E-state index contributed by atoms with van der Waals surface area (Å²) in [5.41, 5.74) is 0.817. The zero-order valence-corrected chi connectivity index (χ0v) is 14.4. The van der Waals surface area contributed by atoms with Gasteiger partial charge in [0.15, 0.2) is 11.5 Å². The first kappa shape index (κ1) is 16.3. The highest BCUT2D eigenvalue weighted by molar-refractivity contribution is 5.75. The first-order valence-electron chi connectivity index (χ1n) is 9.25. The molecule has 0 bridgehead atoms. The van der Waals surface area contributed by atoms with Gasteiger partial charge in [0.25, 0.3) is 0 Å². The van der Waals surface area contributed by atoms with E-state index in [9.17, 15) is 4.79 Å². The van der Waals surface area contributed by atoms with E-state index in [1.807, 2.05) is 33.7 Å². The molecule has 0 unspecified atom stereocenters. The SMILES string of the molecule is O=C(NCCCOCC1CC1)N1CCC[C@H]1c1nnc2ccccn12. The normalized spacial score (nSPS) is 20.3. The van der Waals surface area contributed by atoms with Crippen LogP contribution in [-0.2, 0) is 4.74 Å². The molecule has 1 saturated heterocycles. The molecule has 2 aliphatic rings. The third kappa shape index (κ3) is 3.76. The average Bonchev–Trinajstić information content (AvgIpc) is 3.16. The summed E-state index contributed by atoms with van der Waals surface area (Å²) in [6.07, 6.45) is 7.34. The van der Waals surface area contributed by atoms with Crippen molar-refractivity contribution >= 4 is 11.7 Å². The Morgan fingerprint density at radius 3 is 3.08 bits per heavy atom. The summed E-state index contributed by atoms with van der Waals surface area (Å²) in [4.78, 5) is 14.4. The molecule has 4 rings (SSSR count). The number of nitrogens with one attached hydrogen (secondary N) is 1. The van der Waals surface area contributed by atoms with Crippen LogP contribution < -0.4 is 5.32 Å². The van der Waals surface area contributed by atoms with Gasteiger partial charge in [0.05, 0.1) is 6.04 Å². The molecule has 0 aromatic carbocycles. The van der Waals surface area contributed by atoms with Crippen molar-refractivity contribution in [1.29, 1.82) is 0 Å². The summed E-state index contributed by atoms with van der Waals surface area (Å²) < 4.78 is 7.58. The summed E-state index contributed by atoms with van der Waals surface area (Å²) >= 11 is 0. The summed E-state index contributed by atoms with van der Waals surface area (Å²) in [6.45, 7) is 3.00. The van der Waals surface area contributed by atoms with Crippen molar-refractivity contribution in [2.45, 2.75) is 38.1 Å². The molecule has 2 fully saturated rings. The topological polar surface area (TPSA) is 71.8 Å². The molecule has 25 heavy (non-hydrogen) atoms. The molecule has 1 aliphatic heterocycles. The van der Waals surface area contributed by atoms with Crippen LogP contribution in [-0.4, -0.2) is 51.8 Å². The van der Waals surface area contributed by atoms with Crippen molar-refractivity contribution in [1.82, 2.24) is 24.8 Å². The number of aromatic nitrogens is 3. The maximum absolute atomic E-state index is 12.6. The minimum absolute atomic E-state index is 0.0106. The Morgan fingerprint density at radius 1 is 1.28 bits per heavy atom. The number of fused-ring (bicyclic) bond motifs is 1. The fourth-order valence-corrected chi connectivity index (χ4v) is 3.37. The van der Waals surface area contributed by atoms with Gasteiger partial charge in [0.1, 0.15) is 0 Å². The fourth-order valence-electron chi connectivity index (χ4n) is 3.37. The van der Waals surface area contributed by atoms with Crippen LogP contribution >= 0.6 is 0 Å². The van der Waals surface area contributed by atoms with E-state index in [0.717, 1.165) is 56.4 Å². The van der Waals surface area contributed by atoms with Crippen molar-refractivity contribution in [3.63, 3.8) is 0 Å². The Labute approximate surface area is 147 Å². The first-order valence-corrected chi connectivity index (χ1v) is 9.25. The summed E-state index contributed by atoms with van der Waals surface area (Å²) in [5.74, 6) is 1.63. The molecule has 2 aromatic heterocycles. The fraction of sp³-hybridized carbons (Fsp3) is 0.611. The molecule has 1 atom stereocenters. The van der Waals surface area contributed by atoms with Crippen LogP contribution in [0.4, 0.5) is 4.79 Å². The lowest BCUT2D eigenvalue weighted by Gasteiger charge is -2.23. The molecular weight excluding hydrogens is 318 g/mol. The van der Waals surface area contributed by atoms with Gasteiger partial charge in [-0.3, -0.25) is 4.40 Å². The maximum atomic E-state index is 12.6. The zero-order chi connectivity index (χ0) is 17.1. The molecule has 0 radical (unpaired) electrons. The molecule has 1 N–H and O–H groups in total. The van der Waals surface area contributed by atoms with Gasteiger partial charge in [0.2, 0.25) is 0 Å². The van der Waals surface area contributed by atoms with E-state index in [2.05, 4.69) is 15.5 Å². The molecule has 2 aromatic rings. The smallest absolute Gasteiger partial charge is 0.318 e.